The van der Waals surface area contributed by atoms with Crippen molar-refractivity contribution in [2.45, 2.75) is 39.5 Å². The first-order valence-corrected chi connectivity index (χ1v) is 12.2. The number of aromatic nitrogens is 3. The number of amides is 1. The van der Waals surface area contributed by atoms with Gasteiger partial charge in [0.15, 0.2) is 11.5 Å². The fourth-order valence-electron chi connectivity index (χ4n) is 4.71. The van der Waals surface area contributed by atoms with E-state index in [4.69, 9.17) is 5.73 Å². The Bertz CT molecular complexity index is 1250. The first-order valence-electron chi connectivity index (χ1n) is 11.4. The Morgan fingerprint density at radius 2 is 1.94 bits per heavy atom. The van der Waals surface area contributed by atoms with Gasteiger partial charge in [-0.25, -0.2) is 13.8 Å². The second kappa shape index (κ2) is 9.73. The normalized spacial score (nSPS) is 18.4. The number of thiazole rings is 1. The average Bonchev–Trinajstić information content (AvgIpc) is 3.26. The van der Waals surface area contributed by atoms with Crippen LogP contribution in [0.5, 0.6) is 0 Å². The molecule has 1 fully saturated rings. The van der Waals surface area contributed by atoms with Gasteiger partial charge in [-0.1, -0.05) is 24.3 Å². The first-order chi connectivity index (χ1) is 16.6. The number of hydrogen-bond acceptors (Lipinski definition) is 7. The van der Waals surface area contributed by atoms with Gasteiger partial charge in [-0.3, -0.25) is 9.48 Å². The van der Waals surface area contributed by atoms with E-state index in [1.54, 1.807) is 24.9 Å². The van der Waals surface area contributed by atoms with Crippen LogP contribution in [0.15, 0.2) is 24.4 Å². The summed E-state index contributed by atoms with van der Waals surface area (Å²) in [7, 11) is 1.79. The van der Waals surface area contributed by atoms with Gasteiger partial charge in [-0.05, 0) is 43.7 Å². The van der Waals surface area contributed by atoms with E-state index in [9.17, 15) is 18.4 Å². The molecule has 1 aliphatic heterocycles. The smallest absolute Gasteiger partial charge is 0.277 e. The number of ketones is 1. The largest absolute Gasteiger partial charge is 0.389 e. The summed E-state index contributed by atoms with van der Waals surface area (Å²) in [5.41, 5.74) is 6.01. The van der Waals surface area contributed by atoms with Gasteiger partial charge in [0.2, 0.25) is 0 Å². The third-order valence-electron chi connectivity index (χ3n) is 6.37. The number of hydrogen-bond donors (Lipinski definition) is 2. The van der Waals surface area contributed by atoms with Crippen molar-refractivity contribution in [3.63, 3.8) is 0 Å². The number of nitrogens with zero attached hydrogens (tertiary/aromatic N) is 4. The molecule has 1 aliphatic rings. The number of nitrogens with two attached hydrogens (primary N) is 1. The van der Waals surface area contributed by atoms with Crippen molar-refractivity contribution in [1.82, 2.24) is 14.8 Å². The summed E-state index contributed by atoms with van der Waals surface area (Å²) in [5.74, 6) is -1.23. The van der Waals surface area contributed by atoms with Gasteiger partial charge in [-0.15, -0.1) is 0 Å². The summed E-state index contributed by atoms with van der Waals surface area (Å²) in [6, 6.07) is 3.51. The van der Waals surface area contributed by atoms with E-state index in [0.717, 1.165) is 55.1 Å². The van der Waals surface area contributed by atoms with Gasteiger partial charge < -0.3 is 20.7 Å². The molecule has 0 bridgehead atoms. The van der Waals surface area contributed by atoms with Gasteiger partial charge in [0.25, 0.3) is 5.91 Å². The second-order valence-electron chi connectivity index (χ2n) is 9.32. The summed E-state index contributed by atoms with van der Waals surface area (Å²) in [6.07, 6.45) is 4.77. The molecule has 4 rings (SSSR count). The number of halogens is 2. The quantitative estimate of drug-likeness (QED) is 0.509. The van der Waals surface area contributed by atoms with Crippen LogP contribution in [-0.4, -0.2) is 39.5 Å². The molecule has 1 atom stereocenters. The number of anilines is 3. The molecule has 0 saturated carbocycles. The summed E-state index contributed by atoms with van der Waals surface area (Å²) < 4.78 is 30.1. The lowest BCUT2D eigenvalue weighted by Gasteiger charge is -2.28. The predicted octanol–water partition coefficient (Wildman–Crippen LogP) is 4.63. The fraction of sp³-hybridized carbons (Fsp3) is 0.417. The third-order valence-corrected chi connectivity index (χ3v) is 7.27. The zero-order chi connectivity index (χ0) is 25.3. The van der Waals surface area contributed by atoms with Crippen molar-refractivity contribution in [3.8, 4) is 10.6 Å². The number of benzene rings is 1. The lowest BCUT2D eigenvalue weighted by Crippen LogP contribution is -2.29. The highest BCUT2D eigenvalue weighted by atomic mass is 32.1. The lowest BCUT2D eigenvalue weighted by atomic mass is 9.79. The molecule has 0 radical (unpaired) electrons. The van der Waals surface area contributed by atoms with E-state index in [0.29, 0.717) is 18.7 Å². The Kier molecular flexibility index (Phi) is 6.88. The molecule has 1 unspecified atom stereocenters. The van der Waals surface area contributed by atoms with Crippen LogP contribution in [0.4, 0.5) is 25.3 Å². The maximum Gasteiger partial charge on any atom is 0.277 e. The minimum Gasteiger partial charge on any atom is -0.389 e. The molecule has 35 heavy (non-hydrogen) atoms. The lowest BCUT2D eigenvalue weighted by molar-refractivity contribution is -0.119. The van der Waals surface area contributed by atoms with E-state index in [-0.39, 0.29) is 32.5 Å². The number of carbonyl (C=O) groups is 2. The number of Topliss-reactive ketones (excluding diaryl/α,β-unsaturated/α-hetero) is 1. The fourth-order valence-corrected chi connectivity index (χ4v) is 5.58. The zero-order valence-electron chi connectivity index (χ0n) is 19.9. The van der Waals surface area contributed by atoms with Crippen molar-refractivity contribution in [1.29, 1.82) is 0 Å². The molecule has 8 nitrogen and oxygen atoms in total. The number of aryl methyl sites for hydroxylation is 1. The molecule has 1 amide bonds. The van der Waals surface area contributed by atoms with Crippen molar-refractivity contribution in [3.05, 3.63) is 41.7 Å². The second-order valence-corrected chi connectivity index (χ2v) is 10.3. The Morgan fingerprint density at radius 3 is 2.63 bits per heavy atom. The molecule has 2 aromatic heterocycles. The van der Waals surface area contributed by atoms with Crippen LogP contribution < -0.4 is 16.0 Å². The molecule has 11 heteroatoms. The summed E-state index contributed by atoms with van der Waals surface area (Å²) in [6.45, 7) is 5.23. The maximum atomic E-state index is 14.2. The predicted molar refractivity (Wildman–Crippen MR) is 133 cm³/mol. The minimum atomic E-state index is -0.779. The van der Waals surface area contributed by atoms with Crippen molar-refractivity contribution < 1.29 is 18.4 Å². The van der Waals surface area contributed by atoms with Crippen LogP contribution in [-0.2, 0) is 11.8 Å². The summed E-state index contributed by atoms with van der Waals surface area (Å²) in [4.78, 5) is 31.1. The van der Waals surface area contributed by atoms with E-state index in [1.807, 2.05) is 0 Å². The average molecular weight is 503 g/mol. The number of nitrogen functional groups attached to an aromatic ring is 1. The van der Waals surface area contributed by atoms with Gasteiger partial charge in [-0.2, -0.15) is 5.10 Å². The van der Waals surface area contributed by atoms with Crippen LogP contribution >= 0.6 is 11.3 Å². The van der Waals surface area contributed by atoms with E-state index < -0.39 is 17.5 Å². The molecule has 0 aliphatic carbocycles. The Morgan fingerprint density at radius 1 is 1.23 bits per heavy atom. The number of nitrogens with one attached hydrogen (secondary N) is 1. The highest BCUT2D eigenvalue weighted by Gasteiger charge is 2.31. The van der Waals surface area contributed by atoms with Gasteiger partial charge in [0, 0.05) is 26.6 Å². The molecule has 1 saturated heterocycles. The Balaban J connectivity index is 1.56. The van der Waals surface area contributed by atoms with E-state index >= 15 is 0 Å². The van der Waals surface area contributed by atoms with Crippen molar-refractivity contribution >= 4 is 39.5 Å². The first kappa shape index (κ1) is 24.8. The summed E-state index contributed by atoms with van der Waals surface area (Å²) in [5, 5.41) is 7.17. The van der Waals surface area contributed by atoms with Gasteiger partial charge >= 0.3 is 0 Å². The Hall–Kier alpha value is -3.34. The SMILES string of the molecule is CC(=O)CC1(C)CCCN(c2c(NC(=O)c3nc(-c4c(F)cccc4F)sc3N)cnn2C)CC1. The highest BCUT2D eigenvalue weighted by molar-refractivity contribution is 7.19. The van der Waals surface area contributed by atoms with Crippen LogP contribution in [0.1, 0.15) is 50.0 Å². The van der Waals surface area contributed by atoms with Crippen molar-refractivity contribution in [2.24, 2.45) is 12.5 Å². The monoisotopic (exact) mass is 502 g/mol. The molecule has 3 heterocycles. The molecule has 0 spiro atoms. The van der Waals surface area contributed by atoms with Gasteiger partial charge in [0.05, 0.1) is 11.8 Å². The number of carbonyl (C=O) groups excluding carboxylic acids is 2. The van der Waals surface area contributed by atoms with E-state index in [2.05, 4.69) is 27.2 Å². The van der Waals surface area contributed by atoms with Crippen LogP contribution in [0.2, 0.25) is 0 Å². The highest BCUT2D eigenvalue weighted by Crippen LogP contribution is 2.38. The molecule has 1 aromatic carbocycles. The third kappa shape index (κ3) is 5.19. The molecule has 186 valence electrons. The Labute approximate surface area is 206 Å². The molecule has 3 N–H and O–H groups in total. The van der Waals surface area contributed by atoms with Crippen LogP contribution in [0.3, 0.4) is 0 Å². The minimum absolute atomic E-state index is 0.00747. The van der Waals surface area contributed by atoms with Gasteiger partial charge in [0.1, 0.15) is 33.1 Å². The molecule has 3 aromatic rings. The summed E-state index contributed by atoms with van der Waals surface area (Å²) >= 11 is 0.846. The van der Waals surface area contributed by atoms with Crippen molar-refractivity contribution in [2.75, 3.05) is 29.0 Å². The molecular weight excluding hydrogens is 474 g/mol. The zero-order valence-corrected chi connectivity index (χ0v) is 20.7. The van der Waals surface area contributed by atoms with Crippen LogP contribution in [0, 0.1) is 17.0 Å². The number of rotatable bonds is 6. The topological polar surface area (TPSA) is 106 Å². The maximum absolute atomic E-state index is 14.2. The standard InChI is InChI=1S/C24H28F2N6O2S/c1-14(33)12-24(2)8-5-10-32(11-9-24)23-17(13-28-31(23)3)29-21(34)19-20(27)35-22(30-19)18-15(25)6-4-7-16(18)26/h4,6-7,13H,5,8-12,27H2,1-3H3,(H,29,34). The molecular formula is C24H28F2N6O2S. The van der Waals surface area contributed by atoms with E-state index in [1.165, 1.54) is 6.07 Å². The van der Waals surface area contributed by atoms with Crippen LogP contribution in [0.25, 0.3) is 10.6 Å².